The Morgan fingerprint density at radius 2 is 1.54 bits per heavy atom. The minimum Gasteiger partial charge on any atom is -0.466 e. The maximum absolute atomic E-state index is 12.1. The Balaban J connectivity index is 4.90. The Labute approximate surface area is 143 Å². The van der Waals surface area contributed by atoms with E-state index in [0.29, 0.717) is 19.4 Å². The standard InChI is InChI=1S/C17H28O7/c1-7-22-13(18)11-9-10-12-16(3,4)24-17(5,14(19)21-6)15(20)23-8-2/h9,11H,7-8,10,12H2,1-6H3/b11-9+/t17-/m1/s1. The van der Waals surface area contributed by atoms with E-state index in [-0.39, 0.29) is 6.61 Å². The highest BCUT2D eigenvalue weighted by Crippen LogP contribution is 2.27. The first-order chi connectivity index (χ1) is 11.1. The molecule has 7 heteroatoms. The fraction of sp³-hybridized carbons (Fsp3) is 0.706. The molecule has 0 aliphatic rings. The highest BCUT2D eigenvalue weighted by molar-refractivity contribution is 6.03. The summed E-state index contributed by atoms with van der Waals surface area (Å²) < 4.78 is 20.1. The van der Waals surface area contributed by atoms with Gasteiger partial charge in [-0.05, 0) is 47.5 Å². The highest BCUT2D eigenvalue weighted by Gasteiger charge is 2.48. The molecule has 138 valence electrons. The summed E-state index contributed by atoms with van der Waals surface area (Å²) in [7, 11) is 1.18. The fourth-order valence-electron chi connectivity index (χ4n) is 2.03. The van der Waals surface area contributed by atoms with Gasteiger partial charge in [-0.25, -0.2) is 14.4 Å². The van der Waals surface area contributed by atoms with Crippen molar-refractivity contribution < 1.29 is 33.3 Å². The number of rotatable bonds is 10. The van der Waals surface area contributed by atoms with Crippen molar-refractivity contribution >= 4 is 17.9 Å². The molecule has 7 nitrogen and oxygen atoms in total. The number of hydrogen-bond donors (Lipinski definition) is 0. The van der Waals surface area contributed by atoms with Gasteiger partial charge in [-0.1, -0.05) is 6.08 Å². The van der Waals surface area contributed by atoms with Crippen molar-refractivity contribution in [1.29, 1.82) is 0 Å². The van der Waals surface area contributed by atoms with Crippen LogP contribution >= 0.6 is 0 Å². The molecule has 0 aromatic rings. The molecule has 0 unspecified atom stereocenters. The Hall–Kier alpha value is -1.89. The lowest BCUT2D eigenvalue weighted by Crippen LogP contribution is -2.52. The van der Waals surface area contributed by atoms with Gasteiger partial charge in [-0.2, -0.15) is 0 Å². The van der Waals surface area contributed by atoms with Crippen LogP contribution in [0.5, 0.6) is 0 Å². The van der Waals surface area contributed by atoms with Gasteiger partial charge in [0.1, 0.15) is 0 Å². The summed E-state index contributed by atoms with van der Waals surface area (Å²) in [5.74, 6) is -2.04. The van der Waals surface area contributed by atoms with E-state index >= 15 is 0 Å². The van der Waals surface area contributed by atoms with Crippen LogP contribution in [0.1, 0.15) is 47.5 Å². The highest BCUT2D eigenvalue weighted by atomic mass is 16.6. The molecule has 0 fully saturated rings. The lowest BCUT2D eigenvalue weighted by atomic mass is 9.99. The van der Waals surface area contributed by atoms with E-state index in [1.165, 1.54) is 20.1 Å². The number of ether oxygens (including phenoxy) is 4. The van der Waals surface area contributed by atoms with Crippen LogP contribution in [0.3, 0.4) is 0 Å². The summed E-state index contributed by atoms with van der Waals surface area (Å²) in [6, 6.07) is 0. The first-order valence-corrected chi connectivity index (χ1v) is 7.92. The molecule has 0 saturated heterocycles. The Bertz CT molecular complexity index is 468. The van der Waals surface area contributed by atoms with E-state index in [9.17, 15) is 14.4 Å². The maximum Gasteiger partial charge on any atom is 0.350 e. The quantitative estimate of drug-likeness (QED) is 0.260. The van der Waals surface area contributed by atoms with Gasteiger partial charge in [0.05, 0.1) is 25.9 Å². The number of methoxy groups -OCH3 is 1. The second-order valence-corrected chi connectivity index (χ2v) is 5.80. The van der Waals surface area contributed by atoms with Gasteiger partial charge in [0.2, 0.25) is 0 Å². The fourth-order valence-corrected chi connectivity index (χ4v) is 2.03. The molecule has 0 aliphatic carbocycles. The number of hydrogen-bond acceptors (Lipinski definition) is 7. The first kappa shape index (κ1) is 22.1. The van der Waals surface area contributed by atoms with Crippen LogP contribution in [-0.2, 0) is 33.3 Å². The first-order valence-electron chi connectivity index (χ1n) is 7.92. The number of carbonyl (C=O) groups excluding carboxylic acids is 3. The minimum absolute atomic E-state index is 0.123. The van der Waals surface area contributed by atoms with E-state index in [0.717, 1.165) is 0 Å². The minimum atomic E-state index is -1.85. The number of esters is 3. The molecule has 0 aromatic carbocycles. The van der Waals surface area contributed by atoms with E-state index in [2.05, 4.69) is 4.74 Å². The Kier molecular flexibility index (Phi) is 9.28. The zero-order chi connectivity index (χ0) is 18.8. The van der Waals surface area contributed by atoms with Crippen LogP contribution < -0.4 is 0 Å². The van der Waals surface area contributed by atoms with Crippen LogP contribution in [0.15, 0.2) is 12.2 Å². The molecule has 0 amide bonds. The van der Waals surface area contributed by atoms with Gasteiger partial charge < -0.3 is 18.9 Å². The van der Waals surface area contributed by atoms with Gasteiger partial charge in [0.25, 0.3) is 5.60 Å². The third-order valence-electron chi connectivity index (χ3n) is 3.17. The second-order valence-electron chi connectivity index (χ2n) is 5.80. The summed E-state index contributed by atoms with van der Waals surface area (Å²) in [5.41, 5.74) is -2.67. The lowest BCUT2D eigenvalue weighted by molar-refractivity contribution is -0.204. The molecule has 0 heterocycles. The predicted octanol–water partition coefficient (Wildman–Crippen LogP) is 2.18. The van der Waals surface area contributed by atoms with E-state index in [4.69, 9.17) is 14.2 Å². The molecule has 1 atom stereocenters. The van der Waals surface area contributed by atoms with Crippen molar-refractivity contribution in [3.8, 4) is 0 Å². The van der Waals surface area contributed by atoms with E-state index < -0.39 is 29.1 Å². The average molecular weight is 344 g/mol. The third-order valence-corrected chi connectivity index (χ3v) is 3.17. The molecule has 0 aromatic heterocycles. The maximum atomic E-state index is 12.1. The second kappa shape index (κ2) is 10.1. The molecule has 0 N–H and O–H groups in total. The zero-order valence-electron chi connectivity index (χ0n) is 15.3. The molecular formula is C17H28O7. The van der Waals surface area contributed by atoms with Crippen molar-refractivity contribution in [3.05, 3.63) is 12.2 Å². The molecule has 0 rings (SSSR count). The molecule has 0 saturated carbocycles. The number of allylic oxidation sites excluding steroid dienone is 1. The smallest absolute Gasteiger partial charge is 0.350 e. The SMILES string of the molecule is CCOC(=O)/C=C/CCC(C)(C)O[C@](C)(C(=O)OC)C(=O)OCC. The van der Waals surface area contributed by atoms with Gasteiger partial charge in [-0.15, -0.1) is 0 Å². The zero-order valence-corrected chi connectivity index (χ0v) is 15.3. The van der Waals surface area contributed by atoms with Gasteiger partial charge >= 0.3 is 17.9 Å². The lowest BCUT2D eigenvalue weighted by Gasteiger charge is -2.34. The molecule has 0 spiro atoms. The Morgan fingerprint density at radius 3 is 2.04 bits per heavy atom. The van der Waals surface area contributed by atoms with E-state index in [1.807, 2.05) is 0 Å². The monoisotopic (exact) mass is 344 g/mol. The molecule has 0 bridgehead atoms. The van der Waals surface area contributed by atoms with Gasteiger partial charge in [0, 0.05) is 6.08 Å². The Morgan fingerprint density at radius 1 is 0.958 bits per heavy atom. The van der Waals surface area contributed by atoms with Crippen LogP contribution in [0.4, 0.5) is 0 Å². The normalized spacial score (nSPS) is 14.1. The van der Waals surface area contributed by atoms with Gasteiger partial charge in [0.15, 0.2) is 0 Å². The van der Waals surface area contributed by atoms with Crippen molar-refractivity contribution in [2.45, 2.75) is 58.7 Å². The predicted molar refractivity (Wildman–Crippen MR) is 87.2 cm³/mol. The van der Waals surface area contributed by atoms with Crippen LogP contribution in [-0.4, -0.2) is 49.4 Å². The largest absolute Gasteiger partial charge is 0.466 e. The van der Waals surface area contributed by atoms with Crippen LogP contribution in [0, 0.1) is 0 Å². The van der Waals surface area contributed by atoms with Crippen molar-refractivity contribution in [2.24, 2.45) is 0 Å². The molecule has 0 aliphatic heterocycles. The van der Waals surface area contributed by atoms with Crippen molar-refractivity contribution in [3.63, 3.8) is 0 Å². The molecule has 24 heavy (non-hydrogen) atoms. The number of carbonyl (C=O) groups is 3. The summed E-state index contributed by atoms with van der Waals surface area (Å²) in [6.07, 6.45) is 3.97. The molecular weight excluding hydrogens is 316 g/mol. The summed E-state index contributed by atoms with van der Waals surface area (Å²) in [6.45, 7) is 8.61. The van der Waals surface area contributed by atoms with Gasteiger partial charge in [-0.3, -0.25) is 0 Å². The summed E-state index contributed by atoms with van der Waals surface area (Å²) in [5, 5.41) is 0. The third kappa shape index (κ3) is 7.12. The van der Waals surface area contributed by atoms with Crippen molar-refractivity contribution in [2.75, 3.05) is 20.3 Å². The van der Waals surface area contributed by atoms with Crippen LogP contribution in [0.2, 0.25) is 0 Å². The van der Waals surface area contributed by atoms with E-state index in [1.54, 1.807) is 33.8 Å². The molecule has 0 radical (unpaired) electrons. The van der Waals surface area contributed by atoms with Crippen LogP contribution in [0.25, 0.3) is 0 Å². The van der Waals surface area contributed by atoms with Crippen molar-refractivity contribution in [1.82, 2.24) is 0 Å². The summed E-state index contributed by atoms with van der Waals surface area (Å²) in [4.78, 5) is 35.3. The summed E-state index contributed by atoms with van der Waals surface area (Å²) >= 11 is 0. The topological polar surface area (TPSA) is 88.1 Å². The average Bonchev–Trinajstić information content (AvgIpc) is 2.50.